The summed E-state index contributed by atoms with van der Waals surface area (Å²) in [7, 11) is 0. The average Bonchev–Trinajstić information content (AvgIpc) is 2.35. The second kappa shape index (κ2) is 7.76. The quantitative estimate of drug-likeness (QED) is 0.619. The molecule has 0 aromatic heterocycles. The lowest BCUT2D eigenvalue weighted by Gasteiger charge is -2.11. The van der Waals surface area contributed by atoms with Crippen molar-refractivity contribution in [3.05, 3.63) is 29.8 Å². The first-order chi connectivity index (χ1) is 8.99. The Labute approximate surface area is 113 Å². The highest BCUT2D eigenvalue weighted by Gasteiger charge is 2.09. The first-order valence-corrected chi connectivity index (χ1v) is 6.43. The molecule has 0 amide bonds. The molecular weight excluding hydrogens is 244 g/mol. The minimum atomic E-state index is -0.961. The van der Waals surface area contributed by atoms with Crippen LogP contribution in [-0.4, -0.2) is 29.8 Å². The summed E-state index contributed by atoms with van der Waals surface area (Å²) in [6, 6.07) is 7.04. The van der Waals surface area contributed by atoms with Crippen molar-refractivity contribution in [2.24, 2.45) is 5.73 Å². The predicted octanol–water partition coefficient (Wildman–Crippen LogP) is 1.37. The molecule has 19 heavy (non-hydrogen) atoms. The molecule has 0 aliphatic rings. The van der Waals surface area contributed by atoms with Crippen LogP contribution in [0.25, 0.3) is 0 Å². The number of carboxylic acid groups (broad SMARTS) is 1. The Morgan fingerprint density at radius 2 is 2.00 bits per heavy atom. The van der Waals surface area contributed by atoms with Crippen LogP contribution in [0.3, 0.4) is 0 Å². The van der Waals surface area contributed by atoms with Crippen LogP contribution >= 0.6 is 0 Å². The Balaban J connectivity index is 2.28. The summed E-state index contributed by atoms with van der Waals surface area (Å²) in [5.41, 5.74) is 6.53. The van der Waals surface area contributed by atoms with Gasteiger partial charge in [0.15, 0.2) is 0 Å². The highest BCUT2D eigenvalue weighted by Crippen LogP contribution is 2.13. The van der Waals surface area contributed by atoms with Crippen LogP contribution in [0.1, 0.15) is 25.8 Å². The third-order valence-electron chi connectivity index (χ3n) is 2.57. The Kier molecular flexibility index (Phi) is 6.32. The monoisotopic (exact) mass is 266 g/mol. The molecule has 0 saturated carbocycles. The third kappa shape index (κ3) is 6.22. The summed E-state index contributed by atoms with van der Waals surface area (Å²) in [6.07, 6.45) is 0.589. The van der Waals surface area contributed by atoms with Crippen LogP contribution in [0.5, 0.6) is 5.75 Å². The summed E-state index contributed by atoms with van der Waals surface area (Å²) in [4.78, 5) is 10.5. The predicted molar refractivity (Wildman–Crippen MR) is 74.1 cm³/mol. The molecule has 106 valence electrons. The molecule has 5 nitrogen and oxygen atoms in total. The Morgan fingerprint density at radius 1 is 1.37 bits per heavy atom. The van der Waals surface area contributed by atoms with Gasteiger partial charge in [-0.25, -0.2) is 0 Å². The van der Waals surface area contributed by atoms with Gasteiger partial charge in [0.2, 0.25) is 0 Å². The lowest BCUT2D eigenvalue weighted by atomic mass is 10.2. The largest absolute Gasteiger partial charge is 0.491 e. The van der Waals surface area contributed by atoms with E-state index in [1.54, 1.807) is 0 Å². The molecule has 1 unspecified atom stereocenters. The first kappa shape index (κ1) is 15.5. The molecular formula is C14H22N2O3. The zero-order chi connectivity index (χ0) is 14.3. The number of rotatable bonds is 8. The average molecular weight is 266 g/mol. The molecule has 0 bridgehead atoms. The molecule has 1 rings (SSSR count). The summed E-state index contributed by atoms with van der Waals surface area (Å²) in [5.74, 6) is -0.108. The van der Waals surface area contributed by atoms with Crippen molar-refractivity contribution >= 4 is 5.97 Å². The van der Waals surface area contributed by atoms with Crippen molar-refractivity contribution in [2.75, 3.05) is 6.54 Å². The normalized spacial score (nSPS) is 12.4. The zero-order valence-corrected chi connectivity index (χ0v) is 11.4. The van der Waals surface area contributed by atoms with E-state index in [2.05, 4.69) is 5.32 Å². The number of carbonyl (C=O) groups is 1. The van der Waals surface area contributed by atoms with Gasteiger partial charge in [-0.15, -0.1) is 0 Å². The van der Waals surface area contributed by atoms with E-state index in [0.29, 0.717) is 19.5 Å². The van der Waals surface area contributed by atoms with Gasteiger partial charge in [0.05, 0.1) is 6.10 Å². The number of nitrogens with two attached hydrogens (primary N) is 1. The van der Waals surface area contributed by atoms with Crippen LogP contribution < -0.4 is 15.8 Å². The van der Waals surface area contributed by atoms with Gasteiger partial charge in [0.25, 0.3) is 0 Å². The lowest BCUT2D eigenvalue weighted by molar-refractivity contribution is -0.138. The number of nitrogens with one attached hydrogen (secondary N) is 1. The van der Waals surface area contributed by atoms with Gasteiger partial charge in [-0.2, -0.15) is 0 Å². The van der Waals surface area contributed by atoms with E-state index in [1.165, 1.54) is 0 Å². The fraction of sp³-hybridized carbons (Fsp3) is 0.500. The van der Waals surface area contributed by atoms with E-state index in [9.17, 15) is 4.79 Å². The van der Waals surface area contributed by atoms with Gasteiger partial charge in [-0.1, -0.05) is 12.1 Å². The minimum Gasteiger partial charge on any atom is -0.491 e. The topological polar surface area (TPSA) is 84.6 Å². The van der Waals surface area contributed by atoms with Crippen molar-refractivity contribution in [3.63, 3.8) is 0 Å². The third-order valence-corrected chi connectivity index (χ3v) is 2.57. The Hall–Kier alpha value is -1.59. The smallest absolute Gasteiger partial charge is 0.320 e. The number of benzene rings is 1. The molecule has 0 radical (unpaired) electrons. The van der Waals surface area contributed by atoms with Gasteiger partial charge in [-0.3, -0.25) is 4.79 Å². The number of aliphatic carboxylic acids is 1. The Bertz CT molecular complexity index is 390. The molecule has 0 aliphatic carbocycles. The van der Waals surface area contributed by atoms with Crippen LogP contribution in [0, 0.1) is 0 Å². The lowest BCUT2D eigenvalue weighted by Crippen LogP contribution is -2.33. The summed E-state index contributed by atoms with van der Waals surface area (Å²) < 4.78 is 5.55. The van der Waals surface area contributed by atoms with Crippen molar-refractivity contribution in [3.8, 4) is 5.75 Å². The van der Waals surface area contributed by atoms with E-state index < -0.39 is 12.0 Å². The second-order valence-electron chi connectivity index (χ2n) is 4.72. The highest BCUT2D eigenvalue weighted by molar-refractivity contribution is 5.72. The summed E-state index contributed by atoms with van der Waals surface area (Å²) >= 11 is 0. The fourth-order valence-electron chi connectivity index (χ4n) is 1.57. The maximum atomic E-state index is 10.5. The van der Waals surface area contributed by atoms with E-state index in [4.69, 9.17) is 15.6 Å². The van der Waals surface area contributed by atoms with E-state index >= 15 is 0 Å². The van der Waals surface area contributed by atoms with Crippen LogP contribution in [0.2, 0.25) is 0 Å². The number of hydrogen-bond donors (Lipinski definition) is 3. The number of hydrogen-bond acceptors (Lipinski definition) is 4. The van der Waals surface area contributed by atoms with Gasteiger partial charge in [-0.05, 0) is 44.5 Å². The molecule has 0 fully saturated rings. The van der Waals surface area contributed by atoms with Crippen molar-refractivity contribution < 1.29 is 14.6 Å². The molecule has 0 heterocycles. The molecule has 0 aliphatic heterocycles. The Morgan fingerprint density at radius 3 is 2.53 bits per heavy atom. The first-order valence-electron chi connectivity index (χ1n) is 6.43. The van der Waals surface area contributed by atoms with E-state index in [0.717, 1.165) is 11.3 Å². The van der Waals surface area contributed by atoms with Crippen molar-refractivity contribution in [2.45, 2.75) is 39.0 Å². The van der Waals surface area contributed by atoms with Crippen LogP contribution in [-0.2, 0) is 11.3 Å². The zero-order valence-electron chi connectivity index (χ0n) is 11.4. The second-order valence-corrected chi connectivity index (χ2v) is 4.72. The molecule has 5 heteroatoms. The van der Waals surface area contributed by atoms with Crippen molar-refractivity contribution in [1.82, 2.24) is 5.32 Å². The van der Waals surface area contributed by atoms with Gasteiger partial charge in [0, 0.05) is 6.54 Å². The molecule has 1 aromatic rings. The van der Waals surface area contributed by atoms with Crippen LogP contribution in [0.15, 0.2) is 24.3 Å². The fourth-order valence-corrected chi connectivity index (χ4v) is 1.57. The maximum Gasteiger partial charge on any atom is 0.320 e. The molecule has 0 saturated heterocycles. The highest BCUT2D eigenvalue weighted by atomic mass is 16.5. The standard InChI is InChI=1S/C14H22N2O3/c1-10(2)19-12-5-3-11(4-6-12)9-16-8-7-13(15)14(17)18/h3-6,10,13,16H,7-9,15H2,1-2H3,(H,17,18). The molecule has 1 atom stereocenters. The van der Waals surface area contributed by atoms with E-state index in [-0.39, 0.29) is 6.10 Å². The maximum absolute atomic E-state index is 10.5. The van der Waals surface area contributed by atoms with E-state index in [1.807, 2.05) is 38.1 Å². The van der Waals surface area contributed by atoms with Gasteiger partial charge < -0.3 is 20.9 Å². The number of ether oxygens (including phenoxy) is 1. The summed E-state index contributed by atoms with van der Waals surface area (Å²) in [6.45, 7) is 5.24. The molecule has 0 spiro atoms. The number of carboxylic acids is 1. The van der Waals surface area contributed by atoms with Crippen LogP contribution in [0.4, 0.5) is 0 Å². The summed E-state index contributed by atoms with van der Waals surface area (Å²) in [5, 5.41) is 11.8. The SMILES string of the molecule is CC(C)Oc1ccc(CNCCC(N)C(=O)O)cc1. The molecule has 1 aromatic carbocycles. The van der Waals surface area contributed by atoms with Crippen molar-refractivity contribution in [1.29, 1.82) is 0 Å². The molecule has 4 N–H and O–H groups in total. The minimum absolute atomic E-state index is 0.168. The van der Waals surface area contributed by atoms with Gasteiger partial charge >= 0.3 is 5.97 Å². The van der Waals surface area contributed by atoms with Gasteiger partial charge in [0.1, 0.15) is 11.8 Å².